The lowest BCUT2D eigenvalue weighted by molar-refractivity contribution is -0.242. The Hall–Kier alpha value is -1.19. The Bertz CT molecular complexity index is 419. The van der Waals surface area contributed by atoms with Crippen LogP contribution >= 0.6 is 0 Å². The van der Waals surface area contributed by atoms with Gasteiger partial charge in [-0.1, -0.05) is 18.2 Å². The quantitative estimate of drug-likeness (QED) is 0.671. The van der Waals surface area contributed by atoms with Gasteiger partial charge in [0.25, 0.3) is 0 Å². The maximum Gasteiger partial charge on any atom is 0.195 e. The van der Waals surface area contributed by atoms with E-state index in [9.17, 15) is 4.79 Å². The molecule has 3 rings (SSSR count). The second-order valence-electron chi connectivity index (χ2n) is 4.41. The van der Waals surface area contributed by atoms with Gasteiger partial charge in [0.05, 0.1) is 12.5 Å². The van der Waals surface area contributed by atoms with E-state index in [0.717, 1.165) is 12.0 Å². The van der Waals surface area contributed by atoms with Crippen LogP contribution < -0.4 is 0 Å². The molecule has 1 saturated heterocycles. The molecule has 16 heavy (non-hydrogen) atoms. The fourth-order valence-corrected chi connectivity index (χ4v) is 2.90. The summed E-state index contributed by atoms with van der Waals surface area (Å²) in [7, 11) is 1.64. The topological polar surface area (TPSA) is 35.5 Å². The Kier molecular flexibility index (Phi) is 2.13. The first-order valence-corrected chi connectivity index (χ1v) is 5.58. The predicted octanol–water partition coefficient (Wildman–Crippen LogP) is 1.62. The minimum atomic E-state index is -0.729. The molecule has 0 radical (unpaired) electrons. The van der Waals surface area contributed by atoms with E-state index in [4.69, 9.17) is 9.47 Å². The molecule has 84 valence electrons. The number of ketones is 1. The summed E-state index contributed by atoms with van der Waals surface area (Å²) in [6, 6.07) is 0. The lowest BCUT2D eigenvalue weighted by Crippen LogP contribution is -2.52. The van der Waals surface area contributed by atoms with Crippen molar-refractivity contribution in [3.8, 4) is 0 Å². The molecular weight excluding hydrogens is 204 g/mol. The van der Waals surface area contributed by atoms with Crippen LogP contribution in [0.3, 0.4) is 0 Å². The standard InChI is InChI=1S/C13H14O3/c1-15-13-7-5-11(14)10-4-2-3-9(12(10)13)6-8-16-13/h2-5,7,9,12H,6,8H2,1H3/t9-,12+,13-/m0/s1. The van der Waals surface area contributed by atoms with Crippen LogP contribution in [0.25, 0.3) is 0 Å². The van der Waals surface area contributed by atoms with Crippen molar-refractivity contribution < 1.29 is 14.3 Å². The summed E-state index contributed by atoms with van der Waals surface area (Å²) in [4.78, 5) is 11.8. The van der Waals surface area contributed by atoms with Gasteiger partial charge < -0.3 is 9.47 Å². The molecule has 0 unspecified atom stereocenters. The van der Waals surface area contributed by atoms with Crippen molar-refractivity contribution in [3.63, 3.8) is 0 Å². The molecule has 0 saturated carbocycles. The highest BCUT2D eigenvalue weighted by atomic mass is 16.7. The molecular formula is C13H14O3. The van der Waals surface area contributed by atoms with Crippen molar-refractivity contribution in [2.75, 3.05) is 13.7 Å². The third kappa shape index (κ3) is 1.19. The zero-order valence-electron chi connectivity index (χ0n) is 9.18. The van der Waals surface area contributed by atoms with E-state index in [2.05, 4.69) is 6.08 Å². The van der Waals surface area contributed by atoms with Gasteiger partial charge in [-0.2, -0.15) is 0 Å². The minimum absolute atomic E-state index is 0.0220. The number of ether oxygens (including phenoxy) is 2. The molecule has 0 aromatic heterocycles. The second-order valence-corrected chi connectivity index (χ2v) is 4.41. The summed E-state index contributed by atoms with van der Waals surface area (Å²) in [5.41, 5.74) is 0.816. The zero-order valence-corrected chi connectivity index (χ0v) is 9.18. The Morgan fingerprint density at radius 3 is 3.25 bits per heavy atom. The molecule has 0 aromatic carbocycles. The van der Waals surface area contributed by atoms with E-state index >= 15 is 0 Å². The molecule has 1 fully saturated rings. The molecule has 3 aliphatic rings. The second kappa shape index (κ2) is 3.40. The highest BCUT2D eigenvalue weighted by molar-refractivity contribution is 6.06. The number of hydrogen-bond donors (Lipinski definition) is 0. The molecule has 3 nitrogen and oxygen atoms in total. The molecule has 2 aliphatic carbocycles. The molecule has 0 spiro atoms. The summed E-state index contributed by atoms with van der Waals surface area (Å²) in [6.07, 6.45) is 10.3. The highest BCUT2D eigenvalue weighted by Gasteiger charge is 2.50. The van der Waals surface area contributed by atoms with Crippen LogP contribution in [0.4, 0.5) is 0 Å². The van der Waals surface area contributed by atoms with Gasteiger partial charge in [-0.05, 0) is 24.5 Å². The molecule has 0 amide bonds. The molecule has 0 bridgehead atoms. The van der Waals surface area contributed by atoms with Gasteiger partial charge in [0.2, 0.25) is 0 Å². The first-order chi connectivity index (χ1) is 7.77. The van der Waals surface area contributed by atoms with Crippen LogP contribution in [0.2, 0.25) is 0 Å². The van der Waals surface area contributed by atoms with Crippen molar-refractivity contribution in [3.05, 3.63) is 36.0 Å². The van der Waals surface area contributed by atoms with E-state index in [1.807, 2.05) is 12.2 Å². The van der Waals surface area contributed by atoms with Crippen LogP contribution in [0.15, 0.2) is 36.0 Å². The van der Waals surface area contributed by atoms with Crippen molar-refractivity contribution in [2.45, 2.75) is 12.2 Å². The number of methoxy groups -OCH3 is 1. The summed E-state index contributed by atoms with van der Waals surface area (Å²) < 4.78 is 11.3. The average molecular weight is 218 g/mol. The summed E-state index contributed by atoms with van der Waals surface area (Å²) in [6.45, 7) is 0.672. The molecule has 1 aliphatic heterocycles. The minimum Gasteiger partial charge on any atom is -0.349 e. The van der Waals surface area contributed by atoms with E-state index in [1.165, 1.54) is 0 Å². The monoisotopic (exact) mass is 218 g/mol. The van der Waals surface area contributed by atoms with Crippen molar-refractivity contribution in [2.24, 2.45) is 11.8 Å². The lowest BCUT2D eigenvalue weighted by Gasteiger charge is -2.47. The van der Waals surface area contributed by atoms with Gasteiger partial charge >= 0.3 is 0 Å². The summed E-state index contributed by atoms with van der Waals surface area (Å²) >= 11 is 0. The third-order valence-corrected chi connectivity index (χ3v) is 3.68. The van der Waals surface area contributed by atoms with E-state index in [1.54, 1.807) is 19.3 Å². The van der Waals surface area contributed by atoms with Crippen LogP contribution in [0, 0.1) is 11.8 Å². The van der Waals surface area contributed by atoms with Crippen molar-refractivity contribution in [1.29, 1.82) is 0 Å². The van der Waals surface area contributed by atoms with Crippen LogP contribution in [0.1, 0.15) is 6.42 Å². The van der Waals surface area contributed by atoms with Gasteiger partial charge in [0.15, 0.2) is 11.6 Å². The van der Waals surface area contributed by atoms with Gasteiger partial charge in [-0.3, -0.25) is 4.79 Å². The van der Waals surface area contributed by atoms with E-state index in [0.29, 0.717) is 12.5 Å². The number of allylic oxidation sites excluding steroid dienone is 4. The normalized spacial score (nSPS) is 40.6. The number of carbonyl (C=O) groups is 1. The number of carbonyl (C=O) groups excluding carboxylic acids is 1. The maximum atomic E-state index is 11.8. The van der Waals surface area contributed by atoms with Gasteiger partial charge in [-0.15, -0.1) is 0 Å². The average Bonchev–Trinajstić information content (AvgIpc) is 2.34. The Balaban J connectivity index is 2.13. The Morgan fingerprint density at radius 1 is 1.56 bits per heavy atom. The first-order valence-electron chi connectivity index (χ1n) is 5.58. The van der Waals surface area contributed by atoms with Crippen LogP contribution in [0.5, 0.6) is 0 Å². The third-order valence-electron chi connectivity index (χ3n) is 3.68. The number of hydrogen-bond acceptors (Lipinski definition) is 3. The smallest absolute Gasteiger partial charge is 0.195 e. The molecule has 3 heteroatoms. The highest BCUT2D eigenvalue weighted by Crippen LogP contribution is 2.46. The molecule has 0 N–H and O–H groups in total. The molecule has 0 aromatic rings. The summed E-state index contributed by atoms with van der Waals surface area (Å²) in [5.74, 6) is -0.276. The lowest BCUT2D eigenvalue weighted by atomic mass is 9.70. The van der Waals surface area contributed by atoms with Crippen molar-refractivity contribution >= 4 is 5.78 Å². The van der Waals surface area contributed by atoms with Crippen LogP contribution in [-0.4, -0.2) is 25.3 Å². The van der Waals surface area contributed by atoms with Gasteiger partial charge in [-0.25, -0.2) is 0 Å². The fourth-order valence-electron chi connectivity index (χ4n) is 2.90. The van der Waals surface area contributed by atoms with E-state index < -0.39 is 5.79 Å². The first kappa shape index (κ1) is 10.00. The number of rotatable bonds is 1. The molecule has 1 heterocycles. The maximum absolute atomic E-state index is 11.8. The zero-order chi connectivity index (χ0) is 11.2. The van der Waals surface area contributed by atoms with Gasteiger partial charge in [0, 0.05) is 12.7 Å². The van der Waals surface area contributed by atoms with E-state index in [-0.39, 0.29) is 11.7 Å². The van der Waals surface area contributed by atoms with Gasteiger partial charge in [0.1, 0.15) is 0 Å². The predicted molar refractivity (Wildman–Crippen MR) is 58.7 cm³/mol. The largest absolute Gasteiger partial charge is 0.349 e. The van der Waals surface area contributed by atoms with Crippen LogP contribution in [-0.2, 0) is 14.3 Å². The summed E-state index contributed by atoms with van der Waals surface area (Å²) in [5, 5.41) is 0. The fraction of sp³-hybridized carbons (Fsp3) is 0.462. The Labute approximate surface area is 94.4 Å². The SMILES string of the molecule is CO[C@@]12C=CC(=O)C3=CC=C[C@@H](CCO1)[C@H]32. The Morgan fingerprint density at radius 2 is 2.44 bits per heavy atom. The molecule has 3 atom stereocenters. The van der Waals surface area contributed by atoms with Crippen molar-refractivity contribution in [1.82, 2.24) is 0 Å².